The Morgan fingerprint density at radius 2 is 2.15 bits per heavy atom. The molecule has 1 atom stereocenters. The molecule has 2 heteroatoms. The van der Waals surface area contributed by atoms with Gasteiger partial charge in [0.15, 0.2) is 0 Å². The van der Waals surface area contributed by atoms with Gasteiger partial charge in [0.25, 0.3) is 0 Å². The molecule has 0 heterocycles. The highest BCUT2D eigenvalue weighted by Crippen LogP contribution is 2.07. The molecule has 13 heavy (non-hydrogen) atoms. The van der Waals surface area contributed by atoms with E-state index in [9.17, 15) is 4.79 Å². The Hall–Kier alpha value is -0.790. The third-order valence-electron chi connectivity index (χ3n) is 2.14. The average molecular weight is 184 g/mol. The lowest BCUT2D eigenvalue weighted by Gasteiger charge is -2.01. The maximum absolute atomic E-state index is 10.7. The predicted molar refractivity (Wildman–Crippen MR) is 54.5 cm³/mol. The number of hydrogen-bond donors (Lipinski definition) is 0. The van der Waals surface area contributed by atoms with Crippen LogP contribution in [0.3, 0.4) is 0 Å². The van der Waals surface area contributed by atoms with E-state index < -0.39 is 0 Å². The fourth-order valence-electron chi connectivity index (χ4n) is 0.916. The molecule has 0 aliphatic rings. The molecule has 0 spiro atoms. The van der Waals surface area contributed by atoms with Gasteiger partial charge in [0.2, 0.25) is 0 Å². The summed E-state index contributed by atoms with van der Waals surface area (Å²) in [4.78, 5) is 10.7. The largest absolute Gasteiger partial charge is 0.469 e. The molecule has 0 saturated heterocycles. The van der Waals surface area contributed by atoms with E-state index in [0.29, 0.717) is 6.42 Å². The molecule has 0 bridgehead atoms. The third kappa shape index (κ3) is 7.57. The molecule has 0 aromatic rings. The third-order valence-corrected chi connectivity index (χ3v) is 2.14. The van der Waals surface area contributed by atoms with Crippen LogP contribution < -0.4 is 0 Å². The summed E-state index contributed by atoms with van der Waals surface area (Å²) in [6.07, 6.45) is 7.82. The van der Waals surface area contributed by atoms with E-state index in [2.05, 4.69) is 30.7 Å². The maximum atomic E-state index is 10.7. The highest BCUT2D eigenvalue weighted by atomic mass is 16.5. The van der Waals surface area contributed by atoms with E-state index in [1.807, 2.05) is 0 Å². The lowest BCUT2D eigenvalue weighted by molar-refractivity contribution is -0.140. The second-order valence-electron chi connectivity index (χ2n) is 3.34. The van der Waals surface area contributed by atoms with E-state index >= 15 is 0 Å². The van der Waals surface area contributed by atoms with Crippen molar-refractivity contribution in [3.63, 3.8) is 0 Å². The number of hydrogen-bond acceptors (Lipinski definition) is 2. The van der Waals surface area contributed by atoms with E-state index in [0.717, 1.165) is 18.8 Å². The fraction of sp³-hybridized carbons (Fsp3) is 0.727. The summed E-state index contributed by atoms with van der Waals surface area (Å²) >= 11 is 0. The quantitative estimate of drug-likeness (QED) is 0.468. The van der Waals surface area contributed by atoms with Crippen molar-refractivity contribution < 1.29 is 9.53 Å². The minimum absolute atomic E-state index is 0.131. The highest BCUT2D eigenvalue weighted by Gasteiger charge is 1.96. The number of allylic oxidation sites excluding steroid dienone is 2. The summed E-state index contributed by atoms with van der Waals surface area (Å²) in [5, 5.41) is 0. The van der Waals surface area contributed by atoms with Gasteiger partial charge < -0.3 is 4.74 Å². The first-order valence-electron chi connectivity index (χ1n) is 4.92. The number of esters is 1. The molecule has 0 unspecified atom stereocenters. The summed E-state index contributed by atoms with van der Waals surface area (Å²) in [5.41, 5.74) is 0. The molecule has 2 nitrogen and oxygen atoms in total. The van der Waals surface area contributed by atoms with Gasteiger partial charge in [-0.05, 0) is 18.8 Å². The smallest absolute Gasteiger partial charge is 0.305 e. The first-order valence-corrected chi connectivity index (χ1v) is 4.92. The van der Waals surface area contributed by atoms with Crippen LogP contribution in [0.4, 0.5) is 0 Å². The lowest BCUT2D eigenvalue weighted by atomic mass is 10.0. The Bertz CT molecular complexity index is 161. The summed E-state index contributed by atoms with van der Waals surface area (Å²) in [6, 6.07) is 0. The summed E-state index contributed by atoms with van der Waals surface area (Å²) in [6.45, 7) is 4.41. The number of carbonyl (C=O) groups is 1. The maximum Gasteiger partial charge on any atom is 0.305 e. The molecule has 0 aromatic heterocycles. The van der Waals surface area contributed by atoms with Crippen molar-refractivity contribution in [1.29, 1.82) is 0 Å². The van der Waals surface area contributed by atoms with E-state index in [-0.39, 0.29) is 5.97 Å². The Labute approximate surface area is 81.0 Å². The molecule has 0 aromatic carbocycles. The monoisotopic (exact) mass is 184 g/mol. The van der Waals surface area contributed by atoms with Gasteiger partial charge in [-0.25, -0.2) is 0 Å². The molecule has 0 rings (SSSR count). The van der Waals surface area contributed by atoms with Crippen LogP contribution in [0.2, 0.25) is 0 Å². The van der Waals surface area contributed by atoms with Gasteiger partial charge in [0.05, 0.1) is 7.11 Å². The number of methoxy groups -OCH3 is 1. The van der Waals surface area contributed by atoms with Crippen molar-refractivity contribution in [3.05, 3.63) is 12.2 Å². The van der Waals surface area contributed by atoms with Crippen molar-refractivity contribution in [3.8, 4) is 0 Å². The van der Waals surface area contributed by atoms with Crippen LogP contribution >= 0.6 is 0 Å². The molecule has 0 N–H and O–H groups in total. The van der Waals surface area contributed by atoms with Gasteiger partial charge in [-0.1, -0.05) is 32.4 Å². The Morgan fingerprint density at radius 3 is 2.69 bits per heavy atom. The van der Waals surface area contributed by atoms with Gasteiger partial charge in [0, 0.05) is 6.42 Å². The van der Waals surface area contributed by atoms with Crippen LogP contribution in [0.25, 0.3) is 0 Å². The lowest BCUT2D eigenvalue weighted by Crippen LogP contribution is -1.98. The van der Waals surface area contributed by atoms with Crippen LogP contribution in [-0.4, -0.2) is 13.1 Å². The molecular weight excluding hydrogens is 164 g/mol. The number of ether oxygens (including phenoxy) is 1. The molecule has 0 aliphatic heterocycles. The Balaban J connectivity index is 3.36. The molecule has 0 saturated carbocycles. The molecule has 76 valence electrons. The molecule has 0 amide bonds. The standard InChI is InChI=1S/C11H20O2/c1-4-10(2)8-6-5-7-9-11(12)13-3/h5-6,10H,4,7-9H2,1-3H3/b6-5-/t10-/m1/s1. The van der Waals surface area contributed by atoms with Crippen molar-refractivity contribution in [2.24, 2.45) is 5.92 Å². The average Bonchev–Trinajstić information content (AvgIpc) is 2.16. The SMILES string of the molecule is CC[C@@H](C)C/C=C\CCC(=O)OC. The zero-order valence-corrected chi connectivity index (χ0v) is 8.88. The predicted octanol–water partition coefficient (Wildman–Crippen LogP) is 2.93. The molecule has 0 aliphatic carbocycles. The van der Waals surface area contributed by atoms with Crippen LogP contribution in [0.1, 0.15) is 39.5 Å². The van der Waals surface area contributed by atoms with E-state index in [4.69, 9.17) is 0 Å². The fourth-order valence-corrected chi connectivity index (χ4v) is 0.916. The van der Waals surface area contributed by atoms with Gasteiger partial charge in [-0.2, -0.15) is 0 Å². The molecule has 0 fully saturated rings. The zero-order chi connectivity index (χ0) is 10.1. The number of rotatable bonds is 6. The zero-order valence-electron chi connectivity index (χ0n) is 8.88. The van der Waals surface area contributed by atoms with Crippen molar-refractivity contribution in [2.45, 2.75) is 39.5 Å². The highest BCUT2D eigenvalue weighted by molar-refractivity contribution is 5.69. The Morgan fingerprint density at radius 1 is 1.46 bits per heavy atom. The van der Waals surface area contributed by atoms with E-state index in [1.165, 1.54) is 13.5 Å². The van der Waals surface area contributed by atoms with Gasteiger partial charge in [-0.15, -0.1) is 0 Å². The second kappa shape index (κ2) is 7.84. The van der Waals surface area contributed by atoms with Gasteiger partial charge >= 0.3 is 5.97 Å². The first-order chi connectivity index (χ1) is 6.20. The molecular formula is C11H20O2. The van der Waals surface area contributed by atoms with Gasteiger partial charge in [0.1, 0.15) is 0 Å². The number of carbonyl (C=O) groups excluding carboxylic acids is 1. The van der Waals surface area contributed by atoms with Crippen LogP contribution in [0.5, 0.6) is 0 Å². The minimum atomic E-state index is -0.131. The van der Waals surface area contributed by atoms with E-state index in [1.54, 1.807) is 0 Å². The van der Waals surface area contributed by atoms with Crippen LogP contribution in [-0.2, 0) is 9.53 Å². The minimum Gasteiger partial charge on any atom is -0.469 e. The van der Waals surface area contributed by atoms with Crippen molar-refractivity contribution in [1.82, 2.24) is 0 Å². The summed E-state index contributed by atoms with van der Waals surface area (Å²) < 4.78 is 4.53. The van der Waals surface area contributed by atoms with Crippen molar-refractivity contribution >= 4 is 5.97 Å². The first kappa shape index (κ1) is 12.2. The second-order valence-corrected chi connectivity index (χ2v) is 3.34. The molecule has 0 radical (unpaired) electrons. The van der Waals surface area contributed by atoms with Crippen LogP contribution in [0.15, 0.2) is 12.2 Å². The van der Waals surface area contributed by atoms with Crippen LogP contribution in [0, 0.1) is 5.92 Å². The Kier molecular flexibility index (Phi) is 7.36. The normalized spacial score (nSPS) is 13.2. The summed E-state index contributed by atoms with van der Waals surface area (Å²) in [7, 11) is 1.42. The summed E-state index contributed by atoms with van der Waals surface area (Å²) in [5.74, 6) is 0.613. The topological polar surface area (TPSA) is 26.3 Å². The van der Waals surface area contributed by atoms with Crippen molar-refractivity contribution in [2.75, 3.05) is 7.11 Å². The van der Waals surface area contributed by atoms with Gasteiger partial charge in [-0.3, -0.25) is 4.79 Å².